The summed E-state index contributed by atoms with van der Waals surface area (Å²) in [5, 5.41) is 7.26. The van der Waals surface area contributed by atoms with Crippen LogP contribution in [0, 0.1) is 5.92 Å². The minimum absolute atomic E-state index is 0.0401. The molecule has 13 heteroatoms. The molecule has 0 fully saturated rings. The molecule has 3 atom stereocenters. The van der Waals surface area contributed by atoms with E-state index >= 15 is 0 Å². The fourth-order valence-corrected chi connectivity index (χ4v) is 6.63. The van der Waals surface area contributed by atoms with Gasteiger partial charge in [-0.1, -0.05) is 42.8 Å². The number of carbonyl (C=O) groups excluding carboxylic acids is 2. The van der Waals surface area contributed by atoms with Crippen molar-refractivity contribution in [2.24, 2.45) is 5.92 Å². The number of ether oxygens (including phenoxy) is 8. The number of hydrogen-bond donors (Lipinski definition) is 2. The monoisotopic (exact) mass is 798 g/mol. The van der Waals surface area contributed by atoms with Crippen molar-refractivity contribution in [2.45, 2.75) is 32.2 Å². The molecule has 0 aromatic heterocycles. The normalized spacial score (nSPS) is 16.4. The molecule has 0 saturated heterocycles. The maximum Gasteiger partial charge on any atom is 0.251 e. The Morgan fingerprint density at radius 1 is 0.625 bits per heavy atom. The van der Waals surface area contributed by atoms with Gasteiger partial charge < -0.3 is 48.5 Å². The van der Waals surface area contributed by atoms with E-state index in [1.165, 1.54) is 0 Å². The minimum atomic E-state index is -0.165. The van der Waals surface area contributed by atoms with Gasteiger partial charge in [0.25, 0.3) is 5.91 Å². The lowest BCUT2D eigenvalue weighted by Gasteiger charge is -2.36. The van der Waals surface area contributed by atoms with Crippen molar-refractivity contribution < 1.29 is 47.5 Å². The van der Waals surface area contributed by atoms with E-state index in [4.69, 9.17) is 49.5 Å². The highest BCUT2D eigenvalue weighted by Gasteiger charge is 2.35. The molecule has 3 aromatic rings. The third-order valence-corrected chi connectivity index (χ3v) is 9.53. The van der Waals surface area contributed by atoms with Gasteiger partial charge in [0.05, 0.1) is 105 Å². The molecule has 0 radical (unpaired) electrons. The standard InChI is InChI=1S/C43H59ClN2O10/c1-32-30-41(46-38-11-9-37(44)10-12-38)40-31-36(8-13-39(40)42(32)33(2)47)34-4-6-35(7-5-34)43(48)45-14-15-50-18-19-52-22-23-54-26-27-56-29-28-55-25-24-53-21-20-51-17-16-49-3/h4-13,31-32,41-42,46H,14-30H2,1-3H3,(H,45,48)/t32-,41+,42?/m0/s1. The summed E-state index contributed by atoms with van der Waals surface area (Å²) in [6.45, 7) is 11.6. The number of ketones is 1. The van der Waals surface area contributed by atoms with Crippen molar-refractivity contribution in [3.05, 3.63) is 88.4 Å². The molecule has 2 N–H and O–H groups in total. The summed E-state index contributed by atoms with van der Waals surface area (Å²) in [6, 6.07) is 21.6. The van der Waals surface area contributed by atoms with Gasteiger partial charge in [-0.25, -0.2) is 0 Å². The predicted octanol–water partition coefficient (Wildman–Crippen LogP) is 6.37. The second-order valence-electron chi connectivity index (χ2n) is 13.5. The van der Waals surface area contributed by atoms with Gasteiger partial charge in [0.1, 0.15) is 5.78 Å². The van der Waals surface area contributed by atoms with E-state index in [9.17, 15) is 9.59 Å². The maximum atomic E-state index is 12.8. The van der Waals surface area contributed by atoms with E-state index in [2.05, 4.69) is 35.8 Å². The largest absolute Gasteiger partial charge is 0.382 e. The van der Waals surface area contributed by atoms with Crippen LogP contribution in [0.3, 0.4) is 0 Å². The number of Topliss-reactive ketones (excluding diaryl/α,β-unsaturated/α-hetero) is 1. The van der Waals surface area contributed by atoms with Crippen LogP contribution in [-0.4, -0.2) is 124 Å². The molecule has 12 nitrogen and oxygen atoms in total. The highest BCUT2D eigenvalue weighted by molar-refractivity contribution is 6.30. The summed E-state index contributed by atoms with van der Waals surface area (Å²) in [5.74, 6) is 0.0768. The zero-order chi connectivity index (χ0) is 39.8. The van der Waals surface area contributed by atoms with Gasteiger partial charge in [-0.2, -0.15) is 0 Å². The Labute approximate surface area is 336 Å². The number of nitrogens with one attached hydrogen (secondary N) is 2. The lowest BCUT2D eigenvalue weighted by molar-refractivity contribution is -0.119. The van der Waals surface area contributed by atoms with Gasteiger partial charge in [-0.3, -0.25) is 9.59 Å². The van der Waals surface area contributed by atoms with Crippen LogP contribution in [0.1, 0.15) is 53.7 Å². The second-order valence-corrected chi connectivity index (χ2v) is 13.9. The first-order chi connectivity index (χ1) is 27.4. The van der Waals surface area contributed by atoms with E-state index in [1.807, 2.05) is 48.5 Å². The average molecular weight is 799 g/mol. The number of hydrogen-bond acceptors (Lipinski definition) is 11. The summed E-state index contributed by atoms with van der Waals surface area (Å²) in [5.41, 5.74) is 5.75. The number of fused-ring (bicyclic) bond motifs is 1. The average Bonchev–Trinajstić information content (AvgIpc) is 3.20. The molecule has 0 aliphatic heterocycles. The van der Waals surface area contributed by atoms with Crippen LogP contribution in [0.25, 0.3) is 11.1 Å². The van der Waals surface area contributed by atoms with Crippen LogP contribution in [0.4, 0.5) is 5.69 Å². The minimum Gasteiger partial charge on any atom is -0.382 e. The number of rotatable bonds is 29. The predicted molar refractivity (Wildman–Crippen MR) is 217 cm³/mol. The van der Waals surface area contributed by atoms with Crippen LogP contribution in [0.15, 0.2) is 66.7 Å². The molecule has 1 unspecified atom stereocenters. The fraction of sp³-hybridized carbons (Fsp3) is 0.535. The number of halogens is 1. The summed E-state index contributed by atoms with van der Waals surface area (Å²) in [6.07, 6.45) is 0.828. The molecule has 0 spiro atoms. The van der Waals surface area contributed by atoms with Crippen molar-refractivity contribution in [1.29, 1.82) is 0 Å². The SMILES string of the molecule is COCCOCCOCCOCCOCCOCCOCCOCCNC(=O)c1ccc(-c2ccc3c(c2)[C@H](Nc2ccc(Cl)cc2)C[C@H](C)C3C(C)=O)cc1. The van der Waals surface area contributed by atoms with Crippen molar-refractivity contribution in [1.82, 2.24) is 5.32 Å². The Hall–Kier alpha value is -3.43. The zero-order valence-corrected chi connectivity index (χ0v) is 33.8. The fourth-order valence-electron chi connectivity index (χ4n) is 6.50. The molecule has 1 aliphatic carbocycles. The van der Waals surface area contributed by atoms with Crippen LogP contribution in [0.5, 0.6) is 0 Å². The highest BCUT2D eigenvalue weighted by atomic mass is 35.5. The first-order valence-electron chi connectivity index (χ1n) is 19.5. The van der Waals surface area contributed by atoms with Crippen LogP contribution >= 0.6 is 11.6 Å². The van der Waals surface area contributed by atoms with Gasteiger partial charge in [0, 0.05) is 35.8 Å². The van der Waals surface area contributed by atoms with Crippen molar-refractivity contribution >= 4 is 29.0 Å². The second kappa shape index (κ2) is 26.5. The summed E-state index contributed by atoms with van der Waals surface area (Å²) in [7, 11) is 1.64. The lowest BCUT2D eigenvalue weighted by Crippen LogP contribution is -2.29. The summed E-state index contributed by atoms with van der Waals surface area (Å²) >= 11 is 6.12. The number of anilines is 1. The van der Waals surface area contributed by atoms with E-state index in [0.29, 0.717) is 116 Å². The molecule has 0 heterocycles. The molecule has 1 amide bonds. The molecule has 56 heavy (non-hydrogen) atoms. The van der Waals surface area contributed by atoms with E-state index in [0.717, 1.165) is 34.4 Å². The summed E-state index contributed by atoms with van der Waals surface area (Å²) in [4.78, 5) is 25.5. The Balaban J connectivity index is 1.04. The topological polar surface area (TPSA) is 132 Å². The summed E-state index contributed by atoms with van der Waals surface area (Å²) < 4.78 is 43.2. The Morgan fingerprint density at radius 3 is 1.61 bits per heavy atom. The Bertz CT molecular complexity index is 1560. The number of carbonyl (C=O) groups is 2. The van der Waals surface area contributed by atoms with Gasteiger partial charge in [0.2, 0.25) is 0 Å². The van der Waals surface area contributed by atoms with Crippen molar-refractivity contribution in [2.75, 3.05) is 118 Å². The third-order valence-electron chi connectivity index (χ3n) is 9.27. The zero-order valence-electron chi connectivity index (χ0n) is 33.1. The molecule has 4 rings (SSSR count). The molecule has 308 valence electrons. The number of benzene rings is 3. The van der Waals surface area contributed by atoms with Crippen molar-refractivity contribution in [3.8, 4) is 11.1 Å². The van der Waals surface area contributed by atoms with E-state index < -0.39 is 0 Å². The smallest absolute Gasteiger partial charge is 0.251 e. The maximum absolute atomic E-state index is 12.8. The third kappa shape index (κ3) is 16.2. The number of methoxy groups -OCH3 is 1. The molecule has 0 saturated carbocycles. The van der Waals surface area contributed by atoms with Crippen molar-refractivity contribution in [3.63, 3.8) is 0 Å². The van der Waals surface area contributed by atoms with E-state index in [1.54, 1.807) is 14.0 Å². The van der Waals surface area contributed by atoms with Gasteiger partial charge in [0.15, 0.2) is 0 Å². The van der Waals surface area contributed by atoms with E-state index in [-0.39, 0.29) is 29.6 Å². The molecular formula is C43H59ClN2O10. The van der Waals surface area contributed by atoms with Crippen LogP contribution in [0.2, 0.25) is 5.02 Å². The Kier molecular flexibility index (Phi) is 21.4. The first kappa shape index (κ1) is 45.3. The molecule has 3 aromatic carbocycles. The lowest BCUT2D eigenvalue weighted by atomic mass is 9.71. The van der Waals surface area contributed by atoms with Gasteiger partial charge in [-0.15, -0.1) is 0 Å². The quantitative estimate of drug-likeness (QED) is 0.0761. The van der Waals surface area contributed by atoms with Gasteiger partial charge >= 0.3 is 0 Å². The highest BCUT2D eigenvalue weighted by Crippen LogP contribution is 2.44. The molecule has 1 aliphatic rings. The Morgan fingerprint density at radius 2 is 1.11 bits per heavy atom. The molecular weight excluding hydrogens is 740 g/mol. The molecule has 0 bridgehead atoms. The van der Waals surface area contributed by atoms with Crippen LogP contribution < -0.4 is 10.6 Å². The van der Waals surface area contributed by atoms with Gasteiger partial charge in [-0.05, 0) is 84.0 Å². The first-order valence-corrected chi connectivity index (χ1v) is 19.8. The number of amides is 1. The van der Waals surface area contributed by atoms with Crippen LogP contribution in [-0.2, 0) is 42.7 Å².